The van der Waals surface area contributed by atoms with Gasteiger partial charge in [-0.05, 0) is 48.9 Å². The lowest BCUT2D eigenvalue weighted by atomic mass is 9.99. The highest BCUT2D eigenvalue weighted by Gasteiger charge is 2.41. The van der Waals surface area contributed by atoms with Crippen LogP contribution in [0.3, 0.4) is 0 Å². The smallest absolute Gasteiger partial charge is 0.251 e. The molecule has 1 fully saturated rings. The van der Waals surface area contributed by atoms with E-state index in [0.29, 0.717) is 24.9 Å². The lowest BCUT2D eigenvalue weighted by Gasteiger charge is -2.32. The summed E-state index contributed by atoms with van der Waals surface area (Å²) < 4.78 is 14.0. The van der Waals surface area contributed by atoms with Crippen LogP contribution >= 0.6 is 7.37 Å². The van der Waals surface area contributed by atoms with Gasteiger partial charge in [-0.1, -0.05) is 76.2 Å². The fourth-order valence-electron chi connectivity index (χ4n) is 5.20. The van der Waals surface area contributed by atoms with Crippen LogP contribution in [0, 0.1) is 11.8 Å². The van der Waals surface area contributed by atoms with Crippen molar-refractivity contribution in [3.05, 3.63) is 71.8 Å². The summed E-state index contributed by atoms with van der Waals surface area (Å²) in [6.45, 7) is 7.47. The minimum Gasteiger partial charge on any atom is -0.368 e. The highest BCUT2D eigenvalue weighted by molar-refractivity contribution is 7.58. The van der Waals surface area contributed by atoms with Crippen LogP contribution in [-0.4, -0.2) is 70.2 Å². The van der Waals surface area contributed by atoms with Gasteiger partial charge < -0.3 is 26.6 Å². The Morgan fingerprint density at radius 2 is 1.49 bits per heavy atom. The number of carbonyl (C=O) groups is 4. The van der Waals surface area contributed by atoms with Gasteiger partial charge in [-0.25, -0.2) is 0 Å². The number of benzene rings is 2. The van der Waals surface area contributed by atoms with Crippen LogP contribution < -0.4 is 21.7 Å². The Bertz CT molecular complexity index is 1310. The van der Waals surface area contributed by atoms with Crippen molar-refractivity contribution in [3.63, 3.8) is 0 Å². The number of hydrogen-bond donors (Lipinski definition) is 5. The SMILES string of the molecule is CC(C)[C@H](NC(=O)[C@@H](NC(=O)[C@@H]1CCCN1CP(=O)(O)C(Cc1ccccc1)NC(=O)c1ccccc1)C(C)C)C(N)=O. The molecule has 0 aliphatic carbocycles. The third kappa shape index (κ3) is 9.48. The van der Waals surface area contributed by atoms with Crippen LogP contribution in [0.2, 0.25) is 0 Å². The van der Waals surface area contributed by atoms with E-state index in [1.165, 1.54) is 0 Å². The van der Waals surface area contributed by atoms with Gasteiger partial charge in [-0.2, -0.15) is 0 Å². The summed E-state index contributed by atoms with van der Waals surface area (Å²) in [6.07, 6.45) is 0.874. The van der Waals surface area contributed by atoms with Crippen molar-refractivity contribution in [1.29, 1.82) is 0 Å². The van der Waals surface area contributed by atoms with E-state index in [0.717, 1.165) is 5.56 Å². The number of nitrogens with zero attached hydrogens (tertiary/aromatic N) is 1. The third-order valence-corrected chi connectivity index (χ3v) is 9.72. The molecule has 4 amide bonds. The maximum Gasteiger partial charge on any atom is 0.251 e. The molecule has 0 spiro atoms. The van der Waals surface area contributed by atoms with Crippen molar-refractivity contribution in [2.45, 2.75) is 70.9 Å². The van der Waals surface area contributed by atoms with E-state index in [-0.39, 0.29) is 24.5 Å². The summed E-state index contributed by atoms with van der Waals surface area (Å²) >= 11 is 0. The fraction of sp³-hybridized carbons (Fsp3) is 0.484. The zero-order valence-electron chi connectivity index (χ0n) is 25.2. The molecule has 1 aliphatic heterocycles. The van der Waals surface area contributed by atoms with Crippen LogP contribution in [0.25, 0.3) is 0 Å². The van der Waals surface area contributed by atoms with E-state index in [4.69, 9.17) is 5.73 Å². The summed E-state index contributed by atoms with van der Waals surface area (Å²) in [5, 5.41) is 8.21. The molecule has 0 bridgehead atoms. The second-order valence-corrected chi connectivity index (χ2v) is 14.2. The quantitative estimate of drug-likeness (QED) is 0.204. The monoisotopic (exact) mass is 613 g/mol. The van der Waals surface area contributed by atoms with Gasteiger partial charge in [0.05, 0.1) is 12.3 Å². The predicted octanol–water partition coefficient (Wildman–Crippen LogP) is 2.44. The molecule has 1 aliphatic rings. The minimum absolute atomic E-state index is 0.129. The van der Waals surface area contributed by atoms with Crippen LogP contribution in [0.5, 0.6) is 0 Å². The number of rotatable bonds is 14. The second kappa shape index (κ2) is 15.3. The van der Waals surface area contributed by atoms with Crippen molar-refractivity contribution in [2.24, 2.45) is 17.6 Å². The van der Waals surface area contributed by atoms with Gasteiger partial charge in [0.2, 0.25) is 25.1 Å². The zero-order valence-corrected chi connectivity index (χ0v) is 26.1. The molecule has 43 heavy (non-hydrogen) atoms. The number of likely N-dealkylation sites (tertiary alicyclic amines) is 1. The second-order valence-electron chi connectivity index (χ2n) is 11.8. The summed E-state index contributed by atoms with van der Waals surface area (Å²) in [7, 11) is -4.10. The Morgan fingerprint density at radius 3 is 2.05 bits per heavy atom. The first kappa shape index (κ1) is 34.0. The van der Waals surface area contributed by atoms with Crippen molar-refractivity contribution < 1.29 is 28.6 Å². The highest BCUT2D eigenvalue weighted by atomic mass is 31.2. The van der Waals surface area contributed by atoms with Gasteiger partial charge in [-0.3, -0.25) is 28.6 Å². The topological polar surface area (TPSA) is 171 Å². The average Bonchev–Trinajstić information content (AvgIpc) is 3.42. The number of amides is 4. The first-order chi connectivity index (χ1) is 20.3. The summed E-state index contributed by atoms with van der Waals surface area (Å²) in [5.41, 5.74) is 6.61. The number of nitrogens with two attached hydrogens (primary N) is 1. The summed E-state index contributed by atoms with van der Waals surface area (Å²) in [6, 6.07) is 15.0. The van der Waals surface area contributed by atoms with Gasteiger partial charge in [0.25, 0.3) is 5.91 Å². The lowest BCUT2D eigenvalue weighted by Crippen LogP contribution is -2.58. The molecule has 1 saturated heterocycles. The summed E-state index contributed by atoms with van der Waals surface area (Å²) in [5.74, 6) is -3.73. The molecular formula is C31H44N5O6P. The zero-order chi connectivity index (χ0) is 31.7. The Hall–Kier alpha value is -3.53. The van der Waals surface area contributed by atoms with E-state index < -0.39 is 54.9 Å². The number of nitrogens with one attached hydrogen (secondary N) is 3. The molecule has 0 radical (unpaired) electrons. The van der Waals surface area contributed by atoms with Crippen molar-refractivity contribution in [2.75, 3.05) is 12.8 Å². The van der Waals surface area contributed by atoms with E-state index in [9.17, 15) is 28.6 Å². The number of hydrogen-bond acceptors (Lipinski definition) is 6. The highest BCUT2D eigenvalue weighted by Crippen LogP contribution is 2.48. The predicted molar refractivity (Wildman–Crippen MR) is 165 cm³/mol. The first-order valence-electron chi connectivity index (χ1n) is 14.7. The summed E-state index contributed by atoms with van der Waals surface area (Å²) in [4.78, 5) is 64.5. The standard InChI is InChI=1S/C31H44N5O6P/c1-20(2)26(28(32)37)34-31(40)27(21(3)4)35-30(39)24-16-11-17-36(24)19-43(41,42)25(18-22-12-7-5-8-13-22)33-29(38)23-14-9-6-10-15-23/h5-10,12-15,20-21,24-27H,11,16-19H2,1-4H3,(H2,32,37)(H,33,38)(H,34,40)(H,35,39)(H,41,42)/t24-,25?,26-,27-/m0/s1. The third-order valence-electron chi connectivity index (χ3n) is 7.66. The van der Waals surface area contributed by atoms with Gasteiger partial charge in [0.15, 0.2) is 0 Å². The molecule has 2 aromatic rings. The van der Waals surface area contributed by atoms with Crippen molar-refractivity contribution in [1.82, 2.24) is 20.9 Å². The van der Waals surface area contributed by atoms with Crippen LogP contribution in [-0.2, 0) is 25.4 Å². The molecule has 11 nitrogen and oxygen atoms in total. The molecule has 1 heterocycles. The Kier molecular flexibility index (Phi) is 12.1. The van der Waals surface area contributed by atoms with Gasteiger partial charge in [-0.15, -0.1) is 0 Å². The van der Waals surface area contributed by atoms with E-state index in [1.807, 2.05) is 30.3 Å². The molecule has 2 unspecified atom stereocenters. The van der Waals surface area contributed by atoms with E-state index in [1.54, 1.807) is 62.9 Å². The van der Waals surface area contributed by atoms with Gasteiger partial charge in [0, 0.05) is 12.0 Å². The van der Waals surface area contributed by atoms with Gasteiger partial charge >= 0.3 is 0 Å². The van der Waals surface area contributed by atoms with E-state index >= 15 is 0 Å². The molecule has 5 atom stereocenters. The van der Waals surface area contributed by atoms with Crippen LogP contribution in [0.1, 0.15) is 56.5 Å². The first-order valence-corrected chi connectivity index (χ1v) is 16.6. The van der Waals surface area contributed by atoms with Crippen LogP contribution in [0.4, 0.5) is 0 Å². The molecule has 3 rings (SSSR count). The Morgan fingerprint density at radius 1 is 0.907 bits per heavy atom. The lowest BCUT2D eigenvalue weighted by molar-refractivity contribution is -0.134. The van der Waals surface area contributed by atoms with Gasteiger partial charge in [0.1, 0.15) is 17.9 Å². The minimum atomic E-state index is -4.10. The molecule has 6 N–H and O–H groups in total. The fourth-order valence-corrected chi connectivity index (χ4v) is 7.07. The Labute approximate surface area is 253 Å². The largest absolute Gasteiger partial charge is 0.368 e. The van der Waals surface area contributed by atoms with Crippen molar-refractivity contribution in [3.8, 4) is 0 Å². The molecule has 0 aromatic heterocycles. The Balaban J connectivity index is 1.76. The van der Waals surface area contributed by atoms with E-state index in [2.05, 4.69) is 16.0 Å². The molecule has 2 aromatic carbocycles. The molecular weight excluding hydrogens is 569 g/mol. The molecule has 234 valence electrons. The maximum atomic E-state index is 14.0. The normalized spacial score (nSPS) is 18.8. The molecule has 0 saturated carbocycles. The van der Waals surface area contributed by atoms with Crippen LogP contribution in [0.15, 0.2) is 60.7 Å². The maximum absolute atomic E-state index is 14.0. The number of primary amides is 1. The average molecular weight is 614 g/mol. The van der Waals surface area contributed by atoms with Crippen molar-refractivity contribution >= 4 is 31.0 Å². The number of carbonyl (C=O) groups excluding carboxylic acids is 4. The molecule has 12 heteroatoms.